The monoisotopic (exact) mass is 375 g/mol. The number of nitrogens with zero attached hydrogens (tertiary/aromatic N) is 2. The largest absolute Gasteiger partial charge is 0.480 e. The summed E-state index contributed by atoms with van der Waals surface area (Å²) in [6.07, 6.45) is 1.62. The number of benzene rings is 1. The Morgan fingerprint density at radius 1 is 1.33 bits per heavy atom. The van der Waals surface area contributed by atoms with Crippen LogP contribution in [0.5, 0.6) is 0 Å². The van der Waals surface area contributed by atoms with Gasteiger partial charge in [-0.3, -0.25) is 19.3 Å². The summed E-state index contributed by atoms with van der Waals surface area (Å²) in [7, 11) is 1.71. The van der Waals surface area contributed by atoms with Gasteiger partial charge in [-0.25, -0.2) is 0 Å². The molecule has 0 bridgehead atoms. The number of carbonyl (C=O) groups is 3. The van der Waals surface area contributed by atoms with Crippen molar-refractivity contribution in [2.75, 3.05) is 45.2 Å². The van der Waals surface area contributed by atoms with Crippen LogP contribution in [0.15, 0.2) is 24.3 Å². The number of amides is 2. The molecule has 2 amide bonds. The van der Waals surface area contributed by atoms with Crippen molar-refractivity contribution in [3.8, 4) is 0 Å². The smallest absolute Gasteiger partial charge is 0.317 e. The van der Waals surface area contributed by atoms with Crippen molar-refractivity contribution in [2.24, 2.45) is 5.92 Å². The molecular weight excluding hydrogens is 350 g/mol. The second-order valence-corrected chi connectivity index (χ2v) is 7.18. The van der Waals surface area contributed by atoms with Crippen LogP contribution in [0.3, 0.4) is 0 Å². The van der Waals surface area contributed by atoms with Crippen LogP contribution in [0.1, 0.15) is 23.2 Å². The van der Waals surface area contributed by atoms with Crippen molar-refractivity contribution in [2.45, 2.75) is 18.9 Å². The second-order valence-electron chi connectivity index (χ2n) is 7.18. The van der Waals surface area contributed by atoms with Crippen molar-refractivity contribution in [1.82, 2.24) is 9.80 Å². The topological polar surface area (TPSA) is 99.2 Å². The molecule has 1 saturated carbocycles. The van der Waals surface area contributed by atoms with E-state index in [1.165, 1.54) is 0 Å². The molecule has 1 saturated heterocycles. The number of anilines is 1. The number of nitrogens with one attached hydrogen (secondary N) is 1. The zero-order valence-corrected chi connectivity index (χ0v) is 15.4. The maximum absolute atomic E-state index is 12.8. The number of hydrogen-bond acceptors (Lipinski definition) is 5. The van der Waals surface area contributed by atoms with Crippen molar-refractivity contribution in [3.63, 3.8) is 0 Å². The fourth-order valence-electron chi connectivity index (χ4n) is 3.16. The fraction of sp³-hybridized carbons (Fsp3) is 0.526. The summed E-state index contributed by atoms with van der Waals surface area (Å²) in [5, 5.41) is 11.7. The molecule has 1 heterocycles. The molecule has 2 fully saturated rings. The quantitative estimate of drug-likeness (QED) is 0.734. The van der Waals surface area contributed by atoms with E-state index in [-0.39, 0.29) is 30.4 Å². The minimum Gasteiger partial charge on any atom is -0.480 e. The van der Waals surface area contributed by atoms with E-state index in [9.17, 15) is 14.4 Å². The molecule has 27 heavy (non-hydrogen) atoms. The molecule has 1 aromatic carbocycles. The molecule has 1 aliphatic carbocycles. The Morgan fingerprint density at radius 3 is 2.81 bits per heavy atom. The Bertz CT molecular complexity index is 719. The third-order valence-electron chi connectivity index (χ3n) is 4.67. The highest BCUT2D eigenvalue weighted by atomic mass is 16.5. The minimum atomic E-state index is -0.897. The Labute approximate surface area is 158 Å². The van der Waals surface area contributed by atoms with Crippen LogP contribution in [-0.2, 0) is 14.3 Å². The molecule has 146 valence electrons. The van der Waals surface area contributed by atoms with Gasteiger partial charge in [-0.2, -0.15) is 0 Å². The lowest BCUT2D eigenvalue weighted by atomic mass is 10.1. The summed E-state index contributed by atoms with van der Waals surface area (Å²) in [5.74, 6) is -0.905. The zero-order chi connectivity index (χ0) is 19.4. The van der Waals surface area contributed by atoms with Gasteiger partial charge in [0.2, 0.25) is 5.91 Å². The third kappa shape index (κ3) is 5.51. The number of carbonyl (C=O) groups excluding carboxylic acids is 2. The number of hydrogen-bond donors (Lipinski definition) is 2. The first-order valence-corrected chi connectivity index (χ1v) is 9.14. The SMILES string of the molecule is CN(CC(=O)O)CC1CN(C(=O)c2cccc(NC(=O)C3CC3)c2)CCO1. The average Bonchev–Trinajstić information content (AvgIpc) is 3.46. The number of likely N-dealkylation sites (N-methyl/N-ethyl adjacent to an activating group) is 1. The van der Waals surface area contributed by atoms with Crippen LogP contribution in [0.4, 0.5) is 5.69 Å². The number of carboxylic acid groups (broad SMARTS) is 1. The predicted molar refractivity (Wildman–Crippen MR) is 98.6 cm³/mol. The molecule has 0 spiro atoms. The summed E-state index contributed by atoms with van der Waals surface area (Å²) in [6.45, 7) is 1.66. The number of ether oxygens (including phenoxy) is 1. The van der Waals surface area contributed by atoms with E-state index >= 15 is 0 Å². The van der Waals surface area contributed by atoms with E-state index in [0.29, 0.717) is 37.5 Å². The minimum absolute atomic E-state index is 0.00695. The highest BCUT2D eigenvalue weighted by Crippen LogP contribution is 2.30. The van der Waals surface area contributed by atoms with Gasteiger partial charge in [0, 0.05) is 36.8 Å². The van der Waals surface area contributed by atoms with E-state index in [4.69, 9.17) is 9.84 Å². The lowest BCUT2D eigenvalue weighted by molar-refractivity contribution is -0.138. The zero-order valence-electron chi connectivity index (χ0n) is 15.4. The van der Waals surface area contributed by atoms with Crippen molar-refractivity contribution >= 4 is 23.5 Å². The summed E-state index contributed by atoms with van der Waals surface area (Å²) in [4.78, 5) is 38.9. The summed E-state index contributed by atoms with van der Waals surface area (Å²) in [6, 6.07) is 6.97. The average molecular weight is 375 g/mol. The molecule has 8 nitrogen and oxygen atoms in total. The van der Waals surface area contributed by atoms with Gasteiger partial charge in [-0.1, -0.05) is 6.07 Å². The summed E-state index contributed by atoms with van der Waals surface area (Å²) < 4.78 is 5.67. The summed E-state index contributed by atoms with van der Waals surface area (Å²) >= 11 is 0. The van der Waals surface area contributed by atoms with Gasteiger partial charge in [0.1, 0.15) is 0 Å². The van der Waals surface area contributed by atoms with Crippen LogP contribution in [0.2, 0.25) is 0 Å². The number of aliphatic carboxylic acids is 1. The van der Waals surface area contributed by atoms with Crippen molar-refractivity contribution in [3.05, 3.63) is 29.8 Å². The number of carboxylic acids is 1. The predicted octanol–water partition coefficient (Wildman–Crippen LogP) is 0.893. The fourth-order valence-corrected chi connectivity index (χ4v) is 3.16. The van der Waals surface area contributed by atoms with E-state index in [1.54, 1.807) is 41.1 Å². The van der Waals surface area contributed by atoms with Gasteiger partial charge >= 0.3 is 5.97 Å². The Morgan fingerprint density at radius 2 is 2.11 bits per heavy atom. The van der Waals surface area contributed by atoms with E-state index in [2.05, 4.69) is 5.32 Å². The van der Waals surface area contributed by atoms with Crippen LogP contribution in [0, 0.1) is 5.92 Å². The van der Waals surface area contributed by atoms with Crippen LogP contribution >= 0.6 is 0 Å². The molecule has 1 aromatic rings. The maximum Gasteiger partial charge on any atom is 0.317 e. The van der Waals surface area contributed by atoms with E-state index in [0.717, 1.165) is 12.8 Å². The highest BCUT2D eigenvalue weighted by Gasteiger charge is 2.30. The van der Waals surface area contributed by atoms with E-state index < -0.39 is 5.97 Å². The molecule has 2 N–H and O–H groups in total. The van der Waals surface area contributed by atoms with Gasteiger partial charge < -0.3 is 20.1 Å². The van der Waals surface area contributed by atoms with Crippen LogP contribution in [0.25, 0.3) is 0 Å². The molecule has 3 rings (SSSR count). The van der Waals surface area contributed by atoms with Crippen molar-refractivity contribution in [1.29, 1.82) is 0 Å². The lowest BCUT2D eigenvalue weighted by Gasteiger charge is -2.34. The molecule has 8 heteroatoms. The van der Waals surface area contributed by atoms with E-state index in [1.807, 2.05) is 0 Å². The van der Waals surface area contributed by atoms with Gasteiger partial charge in [-0.15, -0.1) is 0 Å². The number of morpholine rings is 1. The van der Waals surface area contributed by atoms with Crippen molar-refractivity contribution < 1.29 is 24.2 Å². The highest BCUT2D eigenvalue weighted by molar-refractivity contribution is 5.98. The molecule has 1 aliphatic heterocycles. The van der Waals surface area contributed by atoms with Gasteiger partial charge in [0.25, 0.3) is 5.91 Å². The maximum atomic E-state index is 12.8. The molecule has 1 unspecified atom stereocenters. The van der Waals surface area contributed by atoms with Gasteiger partial charge in [0.05, 0.1) is 19.3 Å². The Kier molecular flexibility index (Phi) is 6.08. The second kappa shape index (κ2) is 8.49. The Hall–Kier alpha value is -2.45. The normalized spacial score (nSPS) is 19.8. The first kappa shape index (κ1) is 19.3. The van der Waals surface area contributed by atoms with Crippen LogP contribution in [-0.4, -0.2) is 78.6 Å². The molecule has 2 aliphatic rings. The number of rotatable bonds is 7. The van der Waals surface area contributed by atoms with Gasteiger partial charge in [-0.05, 0) is 38.1 Å². The third-order valence-corrected chi connectivity index (χ3v) is 4.67. The lowest BCUT2D eigenvalue weighted by Crippen LogP contribution is -2.49. The molecular formula is C19H25N3O5. The van der Waals surface area contributed by atoms with Gasteiger partial charge in [0.15, 0.2) is 0 Å². The standard InChI is InChI=1S/C19H25N3O5/c1-21(12-17(23)24)10-16-11-22(7-8-27-16)19(26)14-3-2-4-15(9-14)20-18(25)13-5-6-13/h2-4,9,13,16H,5-8,10-12H2,1H3,(H,20,25)(H,23,24). The first-order valence-electron chi connectivity index (χ1n) is 9.14. The molecule has 0 radical (unpaired) electrons. The van der Waals surface area contributed by atoms with Crippen LogP contribution < -0.4 is 5.32 Å². The first-order chi connectivity index (χ1) is 12.9. The molecule has 1 atom stereocenters. The Balaban J connectivity index is 1.59. The summed E-state index contributed by atoms with van der Waals surface area (Å²) in [5.41, 5.74) is 1.15. The molecule has 0 aromatic heterocycles.